The van der Waals surface area contributed by atoms with Crippen LogP contribution in [0.15, 0.2) is 0 Å². The lowest BCUT2D eigenvalue weighted by molar-refractivity contribution is -0.143. The molecule has 0 aliphatic carbocycles. The van der Waals surface area contributed by atoms with E-state index in [1.807, 2.05) is 0 Å². The minimum atomic E-state index is -3.77. The molecule has 0 saturated carbocycles. The average Bonchev–Trinajstić information content (AvgIpc) is 2.59. The number of ether oxygens (including phenoxy) is 1. The van der Waals surface area contributed by atoms with Gasteiger partial charge < -0.3 is 4.74 Å². The number of esters is 1. The van der Waals surface area contributed by atoms with Crippen LogP contribution in [0.2, 0.25) is 0 Å². The maximum Gasteiger partial charge on any atom is 0.321 e. The minimum Gasteiger partial charge on any atom is -0.465 e. The summed E-state index contributed by atoms with van der Waals surface area (Å²) in [7, 11) is -5.80. The summed E-state index contributed by atoms with van der Waals surface area (Å²) in [6.07, 6.45) is 0.0812. The van der Waals surface area contributed by atoms with Gasteiger partial charge in [0, 0.05) is 7.05 Å². The lowest BCUT2D eigenvalue weighted by Crippen LogP contribution is -2.40. The molecule has 0 spiro atoms. The zero-order chi connectivity index (χ0) is 14.0. The van der Waals surface area contributed by atoms with E-state index in [0.29, 0.717) is 0 Å². The third-order valence-electron chi connectivity index (χ3n) is 2.70. The summed E-state index contributed by atoms with van der Waals surface area (Å²) in [5.41, 5.74) is 0. The third-order valence-corrected chi connectivity index (χ3v) is 6.93. The van der Waals surface area contributed by atoms with Crippen LogP contribution in [0.1, 0.15) is 13.3 Å². The molecule has 0 bridgehead atoms. The van der Waals surface area contributed by atoms with Crippen LogP contribution in [-0.2, 0) is 29.4 Å². The van der Waals surface area contributed by atoms with Crippen molar-refractivity contribution < 1.29 is 26.4 Å². The Morgan fingerprint density at radius 2 is 2.06 bits per heavy atom. The van der Waals surface area contributed by atoms with Gasteiger partial charge in [-0.15, -0.1) is 0 Å². The van der Waals surface area contributed by atoms with Gasteiger partial charge in [-0.3, -0.25) is 4.79 Å². The summed E-state index contributed by atoms with van der Waals surface area (Å²) in [6, 6.07) is 0. The first kappa shape index (κ1) is 15.4. The highest BCUT2D eigenvalue weighted by molar-refractivity contribution is 7.95. The molecule has 0 aromatic heterocycles. The van der Waals surface area contributed by atoms with Gasteiger partial charge in [0.1, 0.15) is 6.54 Å². The van der Waals surface area contributed by atoms with Crippen molar-refractivity contribution in [1.29, 1.82) is 0 Å². The van der Waals surface area contributed by atoms with Crippen molar-refractivity contribution in [3.8, 4) is 0 Å². The maximum atomic E-state index is 12.0. The van der Waals surface area contributed by atoms with Crippen molar-refractivity contribution in [3.05, 3.63) is 0 Å². The van der Waals surface area contributed by atoms with Gasteiger partial charge in [0.15, 0.2) is 9.84 Å². The molecule has 7 nitrogen and oxygen atoms in total. The fourth-order valence-electron chi connectivity index (χ4n) is 1.73. The molecule has 1 rings (SSSR count). The second kappa shape index (κ2) is 5.54. The minimum absolute atomic E-state index is 0.0812. The Balaban J connectivity index is 2.72. The largest absolute Gasteiger partial charge is 0.465 e. The molecule has 9 heteroatoms. The first-order chi connectivity index (χ1) is 8.19. The molecule has 1 heterocycles. The van der Waals surface area contributed by atoms with Gasteiger partial charge in [-0.25, -0.2) is 16.8 Å². The Labute approximate surface area is 107 Å². The van der Waals surface area contributed by atoms with Gasteiger partial charge >= 0.3 is 5.97 Å². The first-order valence-corrected chi connectivity index (χ1v) is 8.82. The molecule has 0 amide bonds. The van der Waals surface area contributed by atoms with Gasteiger partial charge in [-0.1, -0.05) is 0 Å². The van der Waals surface area contributed by atoms with E-state index < -0.39 is 37.6 Å². The van der Waals surface area contributed by atoms with Gasteiger partial charge in [-0.2, -0.15) is 4.31 Å². The van der Waals surface area contributed by atoms with Crippen molar-refractivity contribution in [3.63, 3.8) is 0 Å². The number of carbonyl (C=O) groups excluding carboxylic acids is 1. The maximum absolute atomic E-state index is 12.0. The topological polar surface area (TPSA) is 97.8 Å². The second-order valence-electron chi connectivity index (χ2n) is 4.13. The molecule has 0 N–H and O–H groups in total. The summed E-state index contributed by atoms with van der Waals surface area (Å²) >= 11 is 0. The molecule has 106 valence electrons. The van der Waals surface area contributed by atoms with Crippen LogP contribution in [0.5, 0.6) is 0 Å². The first-order valence-electron chi connectivity index (χ1n) is 5.50. The average molecular weight is 299 g/mol. The summed E-state index contributed by atoms with van der Waals surface area (Å²) < 4.78 is 52.1. The van der Waals surface area contributed by atoms with E-state index in [9.17, 15) is 21.6 Å². The predicted octanol–water partition coefficient (Wildman–Crippen LogP) is -1.00. The highest BCUT2D eigenvalue weighted by Gasteiger charge is 2.39. The van der Waals surface area contributed by atoms with Gasteiger partial charge in [0.05, 0.1) is 23.4 Å². The van der Waals surface area contributed by atoms with Crippen LogP contribution in [-0.4, -0.2) is 64.1 Å². The molecule has 1 aliphatic heterocycles. The normalized spacial score (nSPS) is 23.2. The molecule has 1 fully saturated rings. The van der Waals surface area contributed by atoms with Crippen molar-refractivity contribution in [2.45, 2.75) is 18.6 Å². The number of rotatable bonds is 5. The molecule has 1 unspecified atom stereocenters. The smallest absolute Gasteiger partial charge is 0.321 e. The third kappa shape index (κ3) is 3.66. The second-order valence-corrected chi connectivity index (χ2v) is 8.68. The van der Waals surface area contributed by atoms with Crippen LogP contribution in [0.4, 0.5) is 0 Å². The Hall–Kier alpha value is -0.670. The van der Waals surface area contributed by atoms with Crippen LogP contribution < -0.4 is 0 Å². The fourth-order valence-corrected chi connectivity index (χ4v) is 5.94. The molecule has 0 aromatic carbocycles. The Kier molecular flexibility index (Phi) is 4.73. The number of hydrogen-bond acceptors (Lipinski definition) is 6. The summed E-state index contributed by atoms with van der Waals surface area (Å²) in [5.74, 6) is -1.14. The van der Waals surface area contributed by atoms with E-state index in [-0.39, 0.29) is 24.5 Å². The number of carbonyl (C=O) groups is 1. The Bertz CT molecular complexity index is 509. The number of hydrogen-bond donors (Lipinski definition) is 0. The predicted molar refractivity (Wildman–Crippen MR) is 65.2 cm³/mol. The van der Waals surface area contributed by atoms with E-state index >= 15 is 0 Å². The monoisotopic (exact) mass is 299 g/mol. The van der Waals surface area contributed by atoms with E-state index in [4.69, 9.17) is 0 Å². The van der Waals surface area contributed by atoms with Crippen LogP contribution >= 0.6 is 0 Å². The molecular formula is C9H17NO6S2. The van der Waals surface area contributed by atoms with Crippen molar-refractivity contribution in [2.24, 2.45) is 0 Å². The Morgan fingerprint density at radius 3 is 2.50 bits per heavy atom. The lowest BCUT2D eigenvalue weighted by atomic mass is 10.4. The zero-order valence-corrected chi connectivity index (χ0v) is 12.0. The molecule has 18 heavy (non-hydrogen) atoms. The van der Waals surface area contributed by atoms with E-state index in [2.05, 4.69) is 4.74 Å². The van der Waals surface area contributed by atoms with Crippen LogP contribution in [0.3, 0.4) is 0 Å². The van der Waals surface area contributed by atoms with Crippen molar-refractivity contribution in [1.82, 2.24) is 4.31 Å². The number of sulfonamides is 1. The molecule has 0 aromatic rings. The number of nitrogens with zero attached hydrogens (tertiary/aromatic N) is 1. The summed E-state index contributed by atoms with van der Waals surface area (Å²) in [5, 5.41) is -0.957. The lowest BCUT2D eigenvalue weighted by Gasteiger charge is -2.19. The molecule has 0 radical (unpaired) electrons. The van der Waals surface area contributed by atoms with Gasteiger partial charge in [0.25, 0.3) is 0 Å². The quantitative estimate of drug-likeness (QED) is 0.604. The zero-order valence-electron chi connectivity index (χ0n) is 10.3. The van der Waals surface area contributed by atoms with Gasteiger partial charge in [0.2, 0.25) is 10.0 Å². The molecular weight excluding hydrogens is 282 g/mol. The molecule has 1 atom stereocenters. The fraction of sp³-hybridized carbons (Fsp3) is 0.889. The summed E-state index contributed by atoms with van der Waals surface area (Å²) in [6.45, 7) is 1.40. The number of likely N-dealkylation sites (N-methyl/N-ethyl adjacent to an activating group) is 1. The highest BCUT2D eigenvalue weighted by Crippen LogP contribution is 2.21. The van der Waals surface area contributed by atoms with Crippen molar-refractivity contribution >= 4 is 25.8 Å². The van der Waals surface area contributed by atoms with Crippen LogP contribution in [0, 0.1) is 0 Å². The standard InChI is InChI=1S/C9H17NO6S2/c1-3-16-9(11)6-10(2)18(14,15)8-4-5-17(12,13)7-8/h8H,3-7H2,1-2H3. The summed E-state index contributed by atoms with van der Waals surface area (Å²) in [4.78, 5) is 11.2. The van der Waals surface area contributed by atoms with E-state index in [1.54, 1.807) is 6.92 Å². The van der Waals surface area contributed by atoms with E-state index in [1.165, 1.54) is 7.05 Å². The number of sulfone groups is 1. The SMILES string of the molecule is CCOC(=O)CN(C)S(=O)(=O)C1CCS(=O)(=O)C1. The molecule has 1 aliphatic rings. The molecule has 1 saturated heterocycles. The van der Waals surface area contributed by atoms with Crippen LogP contribution in [0.25, 0.3) is 0 Å². The van der Waals surface area contributed by atoms with E-state index in [0.717, 1.165) is 4.31 Å². The van der Waals surface area contributed by atoms with Gasteiger partial charge in [-0.05, 0) is 13.3 Å². The van der Waals surface area contributed by atoms with Crippen molar-refractivity contribution in [2.75, 3.05) is 31.7 Å². The highest BCUT2D eigenvalue weighted by atomic mass is 32.2. The Morgan fingerprint density at radius 1 is 1.44 bits per heavy atom.